The monoisotopic (exact) mass is 465 g/mol. The van der Waals surface area contributed by atoms with Gasteiger partial charge in [0, 0.05) is 13.2 Å². The summed E-state index contributed by atoms with van der Waals surface area (Å²) < 4.78 is 19.3. The van der Waals surface area contributed by atoms with Gasteiger partial charge in [0.05, 0.1) is 17.6 Å². The first-order chi connectivity index (χ1) is 16.4. The van der Waals surface area contributed by atoms with Gasteiger partial charge in [0.15, 0.2) is 0 Å². The Bertz CT molecular complexity index is 1060. The van der Waals surface area contributed by atoms with E-state index in [4.69, 9.17) is 10.5 Å². The minimum absolute atomic E-state index is 0.0149. The third-order valence-corrected chi connectivity index (χ3v) is 7.56. The van der Waals surface area contributed by atoms with Crippen molar-refractivity contribution < 1.29 is 18.7 Å². The molecule has 0 aromatic heterocycles. The normalized spacial score (nSPS) is 25.7. The van der Waals surface area contributed by atoms with Gasteiger partial charge < -0.3 is 20.7 Å². The minimum Gasteiger partial charge on any atom is -0.368 e. The van der Waals surface area contributed by atoms with Crippen molar-refractivity contribution in [3.05, 3.63) is 59.9 Å². The third kappa shape index (κ3) is 4.59. The average Bonchev–Trinajstić information content (AvgIpc) is 3.48. The molecule has 7 heteroatoms. The van der Waals surface area contributed by atoms with E-state index < -0.39 is 11.6 Å². The van der Waals surface area contributed by atoms with E-state index >= 15 is 0 Å². The van der Waals surface area contributed by atoms with Crippen LogP contribution in [0.15, 0.2) is 48.5 Å². The first kappa shape index (κ1) is 23.0. The molecule has 2 heterocycles. The SMILES string of the molecule is NC1(C(=O)N2CCC(NC(=O)[C@@H]3CCCO3)[C@@H]2Cc2cccc(-c3cccc(F)c3)c2)CCC1. The molecule has 3 N–H and O–H groups in total. The highest BCUT2D eigenvalue weighted by molar-refractivity contribution is 5.88. The maximum absolute atomic E-state index is 13.8. The summed E-state index contributed by atoms with van der Waals surface area (Å²) in [4.78, 5) is 28.1. The quantitative estimate of drug-likeness (QED) is 0.686. The average molecular weight is 466 g/mol. The van der Waals surface area contributed by atoms with Crippen molar-refractivity contribution in [3.8, 4) is 11.1 Å². The second-order valence-electron chi connectivity index (χ2n) is 9.90. The molecule has 1 unspecified atom stereocenters. The number of likely N-dealkylation sites (tertiary alicyclic amines) is 1. The number of nitrogens with one attached hydrogen (secondary N) is 1. The van der Waals surface area contributed by atoms with Crippen LogP contribution in [0.3, 0.4) is 0 Å². The lowest BCUT2D eigenvalue weighted by atomic mass is 9.76. The predicted octanol–water partition coefficient (Wildman–Crippen LogP) is 3.18. The zero-order valence-electron chi connectivity index (χ0n) is 19.3. The first-order valence-corrected chi connectivity index (χ1v) is 12.3. The number of benzene rings is 2. The Kier molecular flexibility index (Phi) is 6.40. The fraction of sp³-hybridized carbons (Fsp3) is 0.481. The topological polar surface area (TPSA) is 84.7 Å². The van der Waals surface area contributed by atoms with E-state index in [0.29, 0.717) is 38.8 Å². The van der Waals surface area contributed by atoms with E-state index in [2.05, 4.69) is 5.32 Å². The van der Waals surface area contributed by atoms with Gasteiger partial charge in [0.2, 0.25) is 11.8 Å². The molecule has 34 heavy (non-hydrogen) atoms. The number of halogens is 1. The van der Waals surface area contributed by atoms with Crippen molar-refractivity contribution >= 4 is 11.8 Å². The lowest BCUT2D eigenvalue weighted by molar-refractivity contribution is -0.141. The van der Waals surface area contributed by atoms with Crippen LogP contribution >= 0.6 is 0 Å². The molecule has 3 fully saturated rings. The summed E-state index contributed by atoms with van der Waals surface area (Å²) in [6.45, 7) is 1.18. The summed E-state index contributed by atoms with van der Waals surface area (Å²) in [5.74, 6) is -0.388. The molecule has 0 spiro atoms. The van der Waals surface area contributed by atoms with Gasteiger partial charge >= 0.3 is 0 Å². The molecule has 2 amide bonds. The molecule has 2 aromatic carbocycles. The van der Waals surface area contributed by atoms with Crippen molar-refractivity contribution in [1.82, 2.24) is 10.2 Å². The van der Waals surface area contributed by atoms with Crippen LogP contribution in [0, 0.1) is 5.82 Å². The molecule has 0 bridgehead atoms. The van der Waals surface area contributed by atoms with Gasteiger partial charge in [0.25, 0.3) is 0 Å². The van der Waals surface area contributed by atoms with Gasteiger partial charge in [-0.3, -0.25) is 9.59 Å². The molecule has 5 rings (SSSR count). The Balaban J connectivity index is 1.38. The zero-order valence-corrected chi connectivity index (χ0v) is 19.3. The molecule has 2 aliphatic heterocycles. The van der Waals surface area contributed by atoms with E-state index in [9.17, 15) is 14.0 Å². The van der Waals surface area contributed by atoms with Crippen LogP contribution in [0.25, 0.3) is 11.1 Å². The second kappa shape index (κ2) is 9.47. The third-order valence-electron chi connectivity index (χ3n) is 7.56. The van der Waals surface area contributed by atoms with E-state index in [-0.39, 0.29) is 29.7 Å². The van der Waals surface area contributed by atoms with Crippen LogP contribution < -0.4 is 11.1 Å². The standard InChI is InChI=1S/C27H32FN3O3/c28-21-8-2-7-20(17-21)19-6-1-5-18(15-19)16-23-22(30-25(32)24-9-3-14-34-24)10-13-31(23)26(33)27(29)11-4-12-27/h1-2,5-8,15,17,22-24H,3-4,9-14,16,29H2,(H,30,32)/t22?,23-,24-/m0/s1. The maximum atomic E-state index is 13.8. The number of nitrogens with zero attached hydrogens (tertiary/aromatic N) is 1. The number of hydrogen-bond acceptors (Lipinski definition) is 4. The molecule has 180 valence electrons. The number of ether oxygens (including phenoxy) is 1. The zero-order chi connectivity index (χ0) is 23.7. The Morgan fingerprint density at radius 2 is 1.85 bits per heavy atom. The van der Waals surface area contributed by atoms with Crippen LogP contribution in [0.1, 0.15) is 44.1 Å². The van der Waals surface area contributed by atoms with Crippen molar-refractivity contribution in [2.45, 2.75) is 68.7 Å². The van der Waals surface area contributed by atoms with Crippen LogP contribution in [0.4, 0.5) is 4.39 Å². The number of carbonyl (C=O) groups excluding carboxylic acids is 2. The lowest BCUT2D eigenvalue weighted by Gasteiger charge is -2.41. The molecule has 0 radical (unpaired) electrons. The lowest BCUT2D eigenvalue weighted by Crippen LogP contribution is -2.62. The highest BCUT2D eigenvalue weighted by atomic mass is 19.1. The first-order valence-electron chi connectivity index (χ1n) is 12.3. The molecular formula is C27H32FN3O3. The van der Waals surface area contributed by atoms with E-state index in [1.54, 1.807) is 6.07 Å². The molecule has 1 aliphatic carbocycles. The van der Waals surface area contributed by atoms with Crippen molar-refractivity contribution in [2.24, 2.45) is 5.73 Å². The van der Waals surface area contributed by atoms with Crippen molar-refractivity contribution in [3.63, 3.8) is 0 Å². The molecule has 3 aliphatic rings. The number of hydrogen-bond donors (Lipinski definition) is 2. The summed E-state index contributed by atoms with van der Waals surface area (Å²) in [5, 5.41) is 3.17. The Morgan fingerprint density at radius 1 is 1.09 bits per heavy atom. The van der Waals surface area contributed by atoms with Crippen molar-refractivity contribution in [1.29, 1.82) is 0 Å². The van der Waals surface area contributed by atoms with Gasteiger partial charge in [-0.25, -0.2) is 4.39 Å². The van der Waals surface area contributed by atoms with E-state index in [0.717, 1.165) is 36.0 Å². The largest absolute Gasteiger partial charge is 0.368 e. The maximum Gasteiger partial charge on any atom is 0.249 e. The Morgan fingerprint density at radius 3 is 2.53 bits per heavy atom. The molecule has 1 saturated carbocycles. The van der Waals surface area contributed by atoms with Gasteiger partial charge in [-0.1, -0.05) is 36.4 Å². The minimum atomic E-state index is -0.783. The van der Waals surface area contributed by atoms with Gasteiger partial charge in [-0.15, -0.1) is 0 Å². The fourth-order valence-electron chi connectivity index (χ4n) is 5.43. The summed E-state index contributed by atoms with van der Waals surface area (Å²) in [6, 6.07) is 14.1. The molecule has 6 nitrogen and oxygen atoms in total. The number of rotatable bonds is 6. The molecular weight excluding hydrogens is 433 g/mol. The van der Waals surface area contributed by atoms with Gasteiger partial charge in [-0.05, 0) is 73.8 Å². The predicted molar refractivity (Wildman–Crippen MR) is 127 cm³/mol. The van der Waals surface area contributed by atoms with E-state index in [1.165, 1.54) is 12.1 Å². The molecule has 2 saturated heterocycles. The van der Waals surface area contributed by atoms with Crippen LogP contribution in [-0.4, -0.2) is 53.6 Å². The Labute approximate surface area is 199 Å². The summed E-state index contributed by atoms with van der Waals surface area (Å²) in [6.07, 6.45) is 4.86. The fourth-order valence-corrected chi connectivity index (χ4v) is 5.43. The highest BCUT2D eigenvalue weighted by Crippen LogP contribution is 2.34. The van der Waals surface area contributed by atoms with Crippen molar-refractivity contribution in [2.75, 3.05) is 13.2 Å². The van der Waals surface area contributed by atoms with Crippen LogP contribution in [-0.2, 0) is 20.7 Å². The van der Waals surface area contributed by atoms with Crippen LogP contribution in [0.5, 0.6) is 0 Å². The van der Waals surface area contributed by atoms with Gasteiger partial charge in [-0.2, -0.15) is 0 Å². The Hall–Kier alpha value is -2.77. The summed E-state index contributed by atoms with van der Waals surface area (Å²) in [7, 11) is 0. The summed E-state index contributed by atoms with van der Waals surface area (Å²) in [5.41, 5.74) is 8.38. The smallest absolute Gasteiger partial charge is 0.249 e. The number of carbonyl (C=O) groups is 2. The number of amides is 2. The highest BCUT2D eigenvalue weighted by Gasteiger charge is 2.48. The van der Waals surface area contributed by atoms with Gasteiger partial charge in [0.1, 0.15) is 11.9 Å². The summed E-state index contributed by atoms with van der Waals surface area (Å²) >= 11 is 0. The molecule has 2 aromatic rings. The number of nitrogens with two attached hydrogens (primary N) is 1. The van der Waals surface area contributed by atoms with E-state index in [1.807, 2.05) is 35.2 Å². The van der Waals surface area contributed by atoms with Crippen LogP contribution in [0.2, 0.25) is 0 Å². The second-order valence-corrected chi connectivity index (χ2v) is 9.90. The molecule has 3 atom stereocenters.